The van der Waals surface area contributed by atoms with Crippen molar-refractivity contribution in [3.8, 4) is 17.2 Å². The van der Waals surface area contributed by atoms with Crippen LogP contribution in [0.4, 0.5) is 4.79 Å². The molecule has 0 saturated heterocycles. The average molecular weight is 453 g/mol. The zero-order valence-corrected chi connectivity index (χ0v) is 19.2. The summed E-state index contributed by atoms with van der Waals surface area (Å²) in [4.78, 5) is 24.0. The Labute approximate surface area is 191 Å². The molecule has 0 radical (unpaired) electrons. The summed E-state index contributed by atoms with van der Waals surface area (Å²) in [6, 6.07) is 13.9. The molecule has 9 heteroatoms. The molecule has 0 bridgehead atoms. The maximum absolute atomic E-state index is 12.6. The molecule has 0 aliphatic heterocycles. The average Bonchev–Trinajstić information content (AvgIpc) is 3.23. The highest BCUT2D eigenvalue weighted by molar-refractivity contribution is 5.89. The molecular weight excluding hydrogens is 426 g/mol. The van der Waals surface area contributed by atoms with Crippen LogP contribution in [0.1, 0.15) is 49.5 Å². The van der Waals surface area contributed by atoms with Gasteiger partial charge >= 0.3 is 12.1 Å². The summed E-state index contributed by atoms with van der Waals surface area (Å²) in [6.07, 6.45) is -0.285. The summed E-state index contributed by atoms with van der Waals surface area (Å²) in [7, 11) is 1.46. The molecule has 3 rings (SSSR count). The molecular formula is C24H27N3O6. The molecule has 1 atom stereocenters. The van der Waals surface area contributed by atoms with E-state index in [4.69, 9.17) is 13.9 Å². The van der Waals surface area contributed by atoms with Gasteiger partial charge in [-0.15, -0.1) is 10.2 Å². The zero-order chi connectivity index (χ0) is 24.2. The number of nitrogens with one attached hydrogen (secondary N) is 1. The van der Waals surface area contributed by atoms with Crippen LogP contribution < -0.4 is 10.1 Å². The second-order valence-corrected chi connectivity index (χ2v) is 8.75. The van der Waals surface area contributed by atoms with Crippen LogP contribution in [0, 0.1) is 0 Å². The lowest BCUT2D eigenvalue weighted by Crippen LogP contribution is -2.47. The molecule has 0 fully saturated rings. The van der Waals surface area contributed by atoms with Crippen molar-refractivity contribution in [2.45, 2.75) is 45.3 Å². The topological polar surface area (TPSA) is 124 Å². The van der Waals surface area contributed by atoms with E-state index in [1.807, 2.05) is 30.3 Å². The predicted octanol–water partition coefficient (Wildman–Crippen LogP) is 4.43. The minimum absolute atomic E-state index is 0.0458. The van der Waals surface area contributed by atoms with E-state index in [0.29, 0.717) is 17.7 Å². The third-order valence-corrected chi connectivity index (χ3v) is 4.75. The van der Waals surface area contributed by atoms with Gasteiger partial charge in [-0.1, -0.05) is 30.3 Å². The molecule has 1 amide bonds. The van der Waals surface area contributed by atoms with Crippen molar-refractivity contribution in [2.24, 2.45) is 0 Å². The molecule has 0 aliphatic carbocycles. The molecule has 0 spiro atoms. The molecule has 9 nitrogen and oxygen atoms in total. The van der Waals surface area contributed by atoms with Crippen molar-refractivity contribution in [1.29, 1.82) is 0 Å². The Morgan fingerprint density at radius 2 is 1.76 bits per heavy atom. The van der Waals surface area contributed by atoms with Crippen LogP contribution in [0.2, 0.25) is 0 Å². The second-order valence-electron chi connectivity index (χ2n) is 8.75. The molecule has 2 N–H and O–H groups in total. The Morgan fingerprint density at radius 3 is 2.36 bits per heavy atom. The minimum Gasteiger partial charge on any atom is -0.496 e. The lowest BCUT2D eigenvalue weighted by molar-refractivity contribution is 0.0443. The van der Waals surface area contributed by atoms with Gasteiger partial charge < -0.3 is 24.3 Å². The van der Waals surface area contributed by atoms with Gasteiger partial charge in [-0.3, -0.25) is 0 Å². The number of aromatic nitrogens is 2. The molecule has 1 unspecified atom stereocenters. The number of hydrogen-bond donors (Lipinski definition) is 2. The van der Waals surface area contributed by atoms with Gasteiger partial charge in [-0.2, -0.15) is 0 Å². The Bertz CT molecular complexity index is 1140. The van der Waals surface area contributed by atoms with Crippen molar-refractivity contribution in [1.82, 2.24) is 15.5 Å². The molecule has 174 valence electrons. The van der Waals surface area contributed by atoms with Crippen LogP contribution >= 0.6 is 0 Å². The van der Waals surface area contributed by atoms with Crippen LogP contribution in [0.5, 0.6) is 5.75 Å². The van der Waals surface area contributed by atoms with E-state index in [-0.39, 0.29) is 17.3 Å². The summed E-state index contributed by atoms with van der Waals surface area (Å²) in [5, 5.41) is 20.5. The molecule has 33 heavy (non-hydrogen) atoms. The second kappa shape index (κ2) is 9.32. The van der Waals surface area contributed by atoms with E-state index in [1.54, 1.807) is 27.7 Å². The number of aromatic carboxylic acids is 1. The highest BCUT2D eigenvalue weighted by atomic mass is 16.6. The lowest BCUT2D eigenvalue weighted by atomic mass is 9.92. The van der Waals surface area contributed by atoms with E-state index in [2.05, 4.69) is 15.5 Å². The SMILES string of the molecule is COc1ccc(C(=O)O)cc1-c1nnc(C(C)(Cc2ccccc2)NC(=O)OC(C)(C)C)o1. The number of carbonyl (C=O) groups is 2. The van der Waals surface area contributed by atoms with Gasteiger partial charge in [0.1, 0.15) is 16.9 Å². The van der Waals surface area contributed by atoms with Crippen LogP contribution in [-0.2, 0) is 16.7 Å². The number of alkyl carbamates (subject to hydrolysis) is 1. The van der Waals surface area contributed by atoms with Crippen molar-refractivity contribution < 1.29 is 28.6 Å². The lowest BCUT2D eigenvalue weighted by Gasteiger charge is -2.29. The normalized spacial score (nSPS) is 13.1. The Hall–Kier alpha value is -3.88. The van der Waals surface area contributed by atoms with Gasteiger partial charge in [0, 0.05) is 6.42 Å². The highest BCUT2D eigenvalue weighted by Crippen LogP contribution is 2.33. The number of amides is 1. The van der Waals surface area contributed by atoms with E-state index >= 15 is 0 Å². The molecule has 2 aromatic carbocycles. The Balaban J connectivity index is 2.01. The van der Waals surface area contributed by atoms with Gasteiger partial charge in [0.05, 0.1) is 18.2 Å². The van der Waals surface area contributed by atoms with E-state index in [1.165, 1.54) is 25.3 Å². The van der Waals surface area contributed by atoms with E-state index in [9.17, 15) is 14.7 Å². The fraction of sp³-hybridized carbons (Fsp3) is 0.333. The molecule has 0 saturated carbocycles. The number of carbonyl (C=O) groups excluding carboxylic acids is 1. The van der Waals surface area contributed by atoms with Crippen LogP contribution in [0.3, 0.4) is 0 Å². The number of nitrogens with zero attached hydrogens (tertiary/aromatic N) is 2. The van der Waals surface area contributed by atoms with Crippen LogP contribution in [0.15, 0.2) is 52.9 Å². The van der Waals surface area contributed by atoms with Gasteiger partial charge in [-0.25, -0.2) is 9.59 Å². The number of ether oxygens (including phenoxy) is 2. The fourth-order valence-electron chi connectivity index (χ4n) is 3.27. The smallest absolute Gasteiger partial charge is 0.408 e. The summed E-state index contributed by atoms with van der Waals surface area (Å²) in [5.74, 6) is -0.524. The van der Waals surface area contributed by atoms with E-state index in [0.717, 1.165) is 5.56 Å². The summed E-state index contributed by atoms with van der Waals surface area (Å²) in [5.41, 5.74) is -0.490. The van der Waals surface area contributed by atoms with Gasteiger partial charge in [-0.05, 0) is 51.5 Å². The van der Waals surface area contributed by atoms with Gasteiger partial charge in [0.15, 0.2) is 0 Å². The third-order valence-electron chi connectivity index (χ3n) is 4.75. The van der Waals surface area contributed by atoms with Gasteiger partial charge in [0.25, 0.3) is 5.89 Å². The Morgan fingerprint density at radius 1 is 1.06 bits per heavy atom. The number of hydrogen-bond acceptors (Lipinski definition) is 7. The monoisotopic (exact) mass is 453 g/mol. The zero-order valence-electron chi connectivity index (χ0n) is 19.2. The van der Waals surface area contributed by atoms with Crippen molar-refractivity contribution in [3.63, 3.8) is 0 Å². The summed E-state index contributed by atoms with van der Waals surface area (Å²) >= 11 is 0. The maximum atomic E-state index is 12.6. The molecule has 1 heterocycles. The van der Waals surface area contributed by atoms with Crippen molar-refractivity contribution in [3.05, 3.63) is 65.5 Å². The first-order valence-electron chi connectivity index (χ1n) is 10.3. The predicted molar refractivity (Wildman–Crippen MR) is 120 cm³/mol. The number of benzene rings is 2. The number of rotatable bonds is 7. The first kappa shape index (κ1) is 23.8. The summed E-state index contributed by atoms with van der Waals surface area (Å²) in [6.45, 7) is 7.07. The number of methoxy groups -OCH3 is 1. The highest BCUT2D eigenvalue weighted by Gasteiger charge is 2.37. The Kier molecular flexibility index (Phi) is 6.71. The number of carboxylic acids is 1. The fourth-order valence-corrected chi connectivity index (χ4v) is 3.27. The van der Waals surface area contributed by atoms with E-state index < -0.39 is 23.2 Å². The van der Waals surface area contributed by atoms with Crippen LogP contribution in [0.25, 0.3) is 11.5 Å². The van der Waals surface area contributed by atoms with Crippen molar-refractivity contribution >= 4 is 12.1 Å². The quantitative estimate of drug-likeness (QED) is 0.539. The maximum Gasteiger partial charge on any atom is 0.408 e. The summed E-state index contributed by atoms with van der Waals surface area (Å²) < 4.78 is 16.7. The minimum atomic E-state index is -1.10. The van der Waals surface area contributed by atoms with Gasteiger partial charge in [0.2, 0.25) is 5.89 Å². The van der Waals surface area contributed by atoms with Crippen LogP contribution in [-0.4, -0.2) is 40.1 Å². The van der Waals surface area contributed by atoms with Crippen molar-refractivity contribution in [2.75, 3.05) is 7.11 Å². The first-order valence-corrected chi connectivity index (χ1v) is 10.3. The standard InChI is InChI=1S/C24H27N3O6/c1-23(2,3)33-22(30)25-24(4,14-15-9-7-6-8-10-15)21-27-26-19(32-21)17-13-16(20(28)29)11-12-18(17)31-5/h6-13H,14H2,1-5H3,(H,25,30)(H,28,29). The molecule has 0 aliphatic rings. The molecule has 3 aromatic rings. The largest absolute Gasteiger partial charge is 0.496 e. The third kappa shape index (κ3) is 5.88. The first-order chi connectivity index (χ1) is 15.5. The number of carboxylic acid groups (broad SMARTS) is 1. The molecule has 1 aromatic heterocycles.